The fraction of sp³-hybridized carbons (Fsp3) is 0.688. The van der Waals surface area contributed by atoms with Crippen molar-refractivity contribution in [1.29, 1.82) is 0 Å². The first kappa shape index (κ1) is 17.9. The van der Waals surface area contributed by atoms with Gasteiger partial charge in [-0.1, -0.05) is 0 Å². The Morgan fingerprint density at radius 2 is 2.26 bits per heavy atom. The lowest BCUT2D eigenvalue weighted by Gasteiger charge is -2.29. The van der Waals surface area contributed by atoms with Crippen molar-refractivity contribution in [3.05, 3.63) is 15.6 Å². The van der Waals surface area contributed by atoms with E-state index >= 15 is 0 Å². The van der Waals surface area contributed by atoms with Gasteiger partial charge < -0.3 is 15.3 Å². The molecule has 1 aliphatic rings. The summed E-state index contributed by atoms with van der Waals surface area (Å²) >= 11 is 1.19. The molecule has 0 aliphatic carbocycles. The quantitative estimate of drug-likeness (QED) is 0.793. The monoisotopic (exact) mass is 339 g/mol. The predicted molar refractivity (Wildman–Crippen MR) is 90.0 cm³/mol. The lowest BCUT2D eigenvalue weighted by atomic mass is 9.93. The Bertz CT molecular complexity index is 559. The van der Waals surface area contributed by atoms with Gasteiger partial charge in [0.05, 0.1) is 10.7 Å². The molecule has 1 amide bonds. The van der Waals surface area contributed by atoms with Crippen molar-refractivity contribution in [3.8, 4) is 0 Å². The highest BCUT2D eigenvalue weighted by molar-refractivity contribution is 7.13. The van der Waals surface area contributed by atoms with Crippen LogP contribution in [0.1, 0.15) is 46.1 Å². The van der Waals surface area contributed by atoms with Gasteiger partial charge in [0.25, 0.3) is 0 Å². The van der Waals surface area contributed by atoms with Crippen molar-refractivity contribution < 1.29 is 14.7 Å². The molecule has 2 heterocycles. The summed E-state index contributed by atoms with van der Waals surface area (Å²) in [6.45, 7) is 4.45. The number of carbonyl (C=O) groups excluding carboxylic acids is 1. The van der Waals surface area contributed by atoms with Crippen molar-refractivity contribution in [3.63, 3.8) is 0 Å². The molecule has 1 aromatic rings. The van der Waals surface area contributed by atoms with Gasteiger partial charge in [0.15, 0.2) is 0 Å². The third kappa shape index (κ3) is 5.58. The molecule has 1 fully saturated rings. The maximum Gasteiger partial charge on any atom is 0.347 e. The Hall–Kier alpha value is -1.47. The van der Waals surface area contributed by atoms with Crippen molar-refractivity contribution in [2.45, 2.75) is 39.0 Å². The van der Waals surface area contributed by atoms with Gasteiger partial charge in [-0.3, -0.25) is 4.79 Å². The highest BCUT2D eigenvalue weighted by atomic mass is 32.1. The van der Waals surface area contributed by atoms with Crippen LogP contribution in [-0.2, 0) is 11.2 Å². The Kier molecular flexibility index (Phi) is 6.53. The number of rotatable bonds is 7. The van der Waals surface area contributed by atoms with Crippen LogP contribution >= 0.6 is 11.3 Å². The zero-order valence-corrected chi connectivity index (χ0v) is 14.6. The lowest BCUT2D eigenvalue weighted by Crippen LogP contribution is -2.33. The Labute approximate surface area is 140 Å². The number of carbonyl (C=O) groups is 2. The van der Waals surface area contributed by atoms with Crippen LogP contribution in [0, 0.1) is 12.8 Å². The van der Waals surface area contributed by atoms with Crippen molar-refractivity contribution in [2.24, 2.45) is 5.92 Å². The number of hydrogen-bond donors (Lipinski definition) is 2. The number of hydrogen-bond acceptors (Lipinski definition) is 5. The molecule has 2 rings (SSSR count). The third-order valence-electron chi connectivity index (χ3n) is 4.20. The van der Waals surface area contributed by atoms with Crippen LogP contribution in [0.4, 0.5) is 0 Å². The average molecular weight is 339 g/mol. The summed E-state index contributed by atoms with van der Waals surface area (Å²) in [4.78, 5) is 29.7. The van der Waals surface area contributed by atoms with E-state index in [1.54, 1.807) is 6.92 Å². The minimum absolute atomic E-state index is 0.0740. The molecule has 6 nitrogen and oxygen atoms in total. The molecule has 1 aliphatic heterocycles. The van der Waals surface area contributed by atoms with Gasteiger partial charge >= 0.3 is 5.97 Å². The van der Waals surface area contributed by atoms with E-state index in [9.17, 15) is 9.59 Å². The van der Waals surface area contributed by atoms with Crippen LogP contribution in [0.5, 0.6) is 0 Å². The number of likely N-dealkylation sites (tertiary alicyclic amines) is 1. The normalized spacial score (nSPS) is 18.8. The molecule has 0 spiro atoms. The standard InChI is InChI=1S/C16H25N3O3S/c1-11-15(16(21)22)23-14(18-11)7-8-17-13(20)6-5-12-4-3-9-19(2)10-12/h12H,3-10H2,1-2H3,(H,17,20)(H,21,22). The molecule has 1 saturated heterocycles. The van der Waals surface area contributed by atoms with Gasteiger partial charge in [0.2, 0.25) is 5.91 Å². The Balaban J connectivity index is 1.66. The average Bonchev–Trinajstić information content (AvgIpc) is 2.86. The summed E-state index contributed by atoms with van der Waals surface area (Å²) < 4.78 is 0. The van der Waals surface area contributed by atoms with Crippen molar-refractivity contribution in [1.82, 2.24) is 15.2 Å². The van der Waals surface area contributed by atoms with Gasteiger partial charge in [0.1, 0.15) is 4.88 Å². The molecule has 0 saturated carbocycles. The van der Waals surface area contributed by atoms with Gasteiger partial charge in [-0.25, -0.2) is 9.78 Å². The zero-order chi connectivity index (χ0) is 16.8. The number of nitrogens with zero attached hydrogens (tertiary/aromatic N) is 2. The maximum atomic E-state index is 11.9. The third-order valence-corrected chi connectivity index (χ3v) is 5.40. The van der Waals surface area contributed by atoms with Crippen LogP contribution in [0.25, 0.3) is 0 Å². The SMILES string of the molecule is Cc1nc(CCNC(=O)CCC2CCCN(C)C2)sc1C(=O)O. The summed E-state index contributed by atoms with van der Waals surface area (Å²) in [5.41, 5.74) is 0.547. The fourth-order valence-electron chi connectivity index (χ4n) is 3.00. The number of amides is 1. The number of aromatic carboxylic acids is 1. The van der Waals surface area contributed by atoms with Gasteiger partial charge in [0, 0.05) is 25.9 Å². The fourth-order valence-corrected chi connectivity index (χ4v) is 3.90. The first-order valence-electron chi connectivity index (χ1n) is 8.10. The largest absolute Gasteiger partial charge is 0.477 e. The molecule has 7 heteroatoms. The van der Waals surface area contributed by atoms with E-state index in [4.69, 9.17) is 5.11 Å². The molecule has 2 N–H and O–H groups in total. The molecule has 0 bridgehead atoms. The second kappa shape index (κ2) is 8.40. The Morgan fingerprint density at radius 1 is 1.48 bits per heavy atom. The predicted octanol–water partition coefficient (Wildman–Crippen LogP) is 1.93. The summed E-state index contributed by atoms with van der Waals surface area (Å²) in [7, 11) is 2.13. The van der Waals surface area contributed by atoms with Crippen LogP contribution in [0.15, 0.2) is 0 Å². The molecule has 1 unspecified atom stereocenters. The lowest BCUT2D eigenvalue weighted by molar-refractivity contribution is -0.121. The minimum Gasteiger partial charge on any atom is -0.477 e. The highest BCUT2D eigenvalue weighted by Gasteiger charge is 2.18. The van der Waals surface area contributed by atoms with E-state index in [1.165, 1.54) is 24.2 Å². The van der Waals surface area contributed by atoms with E-state index in [0.29, 0.717) is 31.0 Å². The number of aromatic nitrogens is 1. The van der Waals surface area contributed by atoms with Gasteiger partial charge in [-0.2, -0.15) is 0 Å². The van der Waals surface area contributed by atoms with Crippen LogP contribution in [0.3, 0.4) is 0 Å². The van der Waals surface area contributed by atoms with E-state index in [-0.39, 0.29) is 10.8 Å². The number of nitrogens with one attached hydrogen (secondary N) is 1. The van der Waals surface area contributed by atoms with E-state index in [1.807, 2.05) is 0 Å². The van der Waals surface area contributed by atoms with E-state index < -0.39 is 5.97 Å². The number of aryl methyl sites for hydroxylation is 1. The second-order valence-electron chi connectivity index (χ2n) is 6.24. The first-order chi connectivity index (χ1) is 11.0. The molecular weight excluding hydrogens is 314 g/mol. The van der Waals surface area contributed by atoms with E-state index in [2.05, 4.69) is 22.2 Å². The molecule has 1 aromatic heterocycles. The topological polar surface area (TPSA) is 82.5 Å². The molecule has 23 heavy (non-hydrogen) atoms. The molecule has 128 valence electrons. The molecular formula is C16H25N3O3S. The van der Waals surface area contributed by atoms with Crippen molar-refractivity contribution >= 4 is 23.2 Å². The van der Waals surface area contributed by atoms with Crippen LogP contribution in [-0.4, -0.2) is 53.5 Å². The van der Waals surface area contributed by atoms with Gasteiger partial charge in [-0.15, -0.1) is 11.3 Å². The minimum atomic E-state index is -0.937. The first-order valence-corrected chi connectivity index (χ1v) is 8.92. The number of piperidine rings is 1. The highest BCUT2D eigenvalue weighted by Crippen LogP contribution is 2.20. The summed E-state index contributed by atoms with van der Waals surface area (Å²) in [6, 6.07) is 0. The maximum absolute atomic E-state index is 11.9. The van der Waals surface area contributed by atoms with Crippen LogP contribution in [0.2, 0.25) is 0 Å². The smallest absolute Gasteiger partial charge is 0.347 e. The summed E-state index contributed by atoms with van der Waals surface area (Å²) in [6.07, 6.45) is 4.52. The molecule has 0 radical (unpaired) electrons. The molecule has 0 aromatic carbocycles. The summed E-state index contributed by atoms with van der Waals surface area (Å²) in [5.74, 6) is -0.239. The zero-order valence-electron chi connectivity index (χ0n) is 13.8. The van der Waals surface area contributed by atoms with E-state index in [0.717, 1.165) is 24.5 Å². The van der Waals surface area contributed by atoms with Crippen molar-refractivity contribution in [2.75, 3.05) is 26.7 Å². The summed E-state index contributed by atoms with van der Waals surface area (Å²) in [5, 5.41) is 12.7. The number of thiazole rings is 1. The van der Waals surface area contributed by atoms with Gasteiger partial charge in [-0.05, 0) is 45.7 Å². The Morgan fingerprint density at radius 3 is 2.91 bits per heavy atom. The second-order valence-corrected chi connectivity index (χ2v) is 7.32. The number of carboxylic acids is 1. The van der Waals surface area contributed by atoms with Crippen LogP contribution < -0.4 is 5.32 Å². The molecule has 1 atom stereocenters. The number of carboxylic acid groups (broad SMARTS) is 1.